The van der Waals surface area contributed by atoms with Crippen LogP contribution in [-0.2, 0) is 20.6 Å². The van der Waals surface area contributed by atoms with E-state index in [1.807, 2.05) is 0 Å². The van der Waals surface area contributed by atoms with Gasteiger partial charge in [-0.05, 0) is 25.7 Å². The zero-order valence-electron chi connectivity index (χ0n) is 11.4. The molecule has 0 radical (unpaired) electrons. The van der Waals surface area contributed by atoms with Crippen LogP contribution in [0.5, 0.6) is 0 Å². The lowest BCUT2D eigenvalue weighted by Gasteiger charge is -2.35. The number of sulfonamides is 1. The van der Waals surface area contributed by atoms with E-state index in [1.165, 1.54) is 0 Å². The number of aryl methyl sites for hydroxylation is 1. The fraction of sp³-hybridized carbons (Fsp3) is 0.667. The molecule has 2 unspecified atom stereocenters. The number of carbonyl (C=O) groups is 1. The van der Waals surface area contributed by atoms with Gasteiger partial charge < -0.3 is 9.63 Å². The van der Waals surface area contributed by atoms with E-state index in [-0.39, 0.29) is 24.0 Å². The van der Waals surface area contributed by atoms with E-state index in [9.17, 15) is 18.3 Å². The third kappa shape index (κ3) is 3.01. The molecule has 8 heteroatoms. The van der Waals surface area contributed by atoms with E-state index < -0.39 is 22.0 Å². The molecule has 1 saturated heterocycles. The van der Waals surface area contributed by atoms with Crippen LogP contribution in [0.3, 0.4) is 0 Å². The van der Waals surface area contributed by atoms with Gasteiger partial charge in [0.05, 0.1) is 5.69 Å². The van der Waals surface area contributed by atoms with E-state index in [1.54, 1.807) is 19.9 Å². The summed E-state index contributed by atoms with van der Waals surface area (Å²) in [4.78, 5) is 11.3. The summed E-state index contributed by atoms with van der Waals surface area (Å²) in [5.41, 5.74) is 0.594. The summed E-state index contributed by atoms with van der Waals surface area (Å²) in [5.74, 6) is -1.43. The van der Waals surface area contributed by atoms with Gasteiger partial charge in [-0.25, -0.2) is 8.42 Å². The molecule has 7 nitrogen and oxygen atoms in total. The van der Waals surface area contributed by atoms with Gasteiger partial charge in [-0.15, -0.1) is 0 Å². The third-order valence-corrected chi connectivity index (χ3v) is 5.27. The molecule has 1 aliphatic rings. The highest BCUT2D eigenvalue weighted by Gasteiger charge is 2.41. The van der Waals surface area contributed by atoms with E-state index >= 15 is 0 Å². The summed E-state index contributed by atoms with van der Waals surface area (Å²) in [6, 6.07) is 0.540. The summed E-state index contributed by atoms with van der Waals surface area (Å²) in [5, 5.41) is 12.9. The van der Waals surface area contributed by atoms with Crippen molar-refractivity contribution >= 4 is 16.0 Å². The van der Waals surface area contributed by atoms with Crippen LogP contribution in [0.1, 0.15) is 31.2 Å². The quantitative estimate of drug-likeness (QED) is 0.890. The summed E-state index contributed by atoms with van der Waals surface area (Å²) < 4.78 is 30.8. The van der Waals surface area contributed by atoms with Gasteiger partial charge >= 0.3 is 5.97 Å². The molecule has 1 fully saturated rings. The highest BCUT2D eigenvalue weighted by Crippen LogP contribution is 2.27. The number of carboxylic acid groups (broad SMARTS) is 1. The average molecular weight is 302 g/mol. The third-order valence-electron chi connectivity index (χ3n) is 3.50. The van der Waals surface area contributed by atoms with Crippen LogP contribution < -0.4 is 0 Å². The molecule has 0 amide bonds. The Morgan fingerprint density at radius 1 is 1.60 bits per heavy atom. The van der Waals surface area contributed by atoms with Crippen LogP contribution in [0.25, 0.3) is 0 Å². The molecule has 1 aromatic heterocycles. The van der Waals surface area contributed by atoms with E-state index in [0.29, 0.717) is 18.5 Å². The monoisotopic (exact) mass is 302 g/mol. The van der Waals surface area contributed by atoms with Crippen molar-refractivity contribution in [2.24, 2.45) is 5.92 Å². The Bertz CT molecular complexity index is 595. The van der Waals surface area contributed by atoms with Gasteiger partial charge in [0.2, 0.25) is 10.0 Å². The first-order valence-corrected chi connectivity index (χ1v) is 8.06. The van der Waals surface area contributed by atoms with E-state index in [2.05, 4.69) is 5.16 Å². The molecule has 0 saturated carbocycles. The predicted molar refractivity (Wildman–Crippen MR) is 70.4 cm³/mol. The number of aliphatic carboxylic acids is 1. The lowest BCUT2D eigenvalue weighted by atomic mass is 9.93. The van der Waals surface area contributed by atoms with E-state index in [4.69, 9.17) is 4.52 Å². The summed E-state index contributed by atoms with van der Waals surface area (Å²) in [7, 11) is -3.73. The molecule has 0 aliphatic carbocycles. The summed E-state index contributed by atoms with van der Waals surface area (Å²) >= 11 is 0. The Morgan fingerprint density at radius 2 is 2.30 bits per heavy atom. The van der Waals surface area contributed by atoms with Crippen LogP contribution in [0.4, 0.5) is 0 Å². The molecule has 1 N–H and O–H groups in total. The lowest BCUT2D eigenvalue weighted by molar-refractivity contribution is -0.144. The Kier molecular flexibility index (Phi) is 4.14. The zero-order valence-corrected chi connectivity index (χ0v) is 12.3. The molecule has 0 bridgehead atoms. The summed E-state index contributed by atoms with van der Waals surface area (Å²) in [6.45, 7) is 3.69. The minimum absolute atomic E-state index is 0.201. The fourth-order valence-electron chi connectivity index (χ4n) is 2.58. The lowest BCUT2D eigenvalue weighted by Crippen LogP contribution is -2.52. The molecule has 2 rings (SSSR count). The van der Waals surface area contributed by atoms with Gasteiger partial charge in [0.1, 0.15) is 11.8 Å². The van der Waals surface area contributed by atoms with Crippen molar-refractivity contribution in [3.63, 3.8) is 0 Å². The molecule has 1 aliphatic heterocycles. The summed E-state index contributed by atoms with van der Waals surface area (Å²) in [6.07, 6.45) is 1.38. The molecule has 0 spiro atoms. The second-order valence-corrected chi connectivity index (χ2v) is 7.13. The molecule has 2 atom stereocenters. The van der Waals surface area contributed by atoms with Gasteiger partial charge in [-0.2, -0.15) is 4.31 Å². The van der Waals surface area contributed by atoms with Crippen molar-refractivity contribution in [2.75, 3.05) is 6.54 Å². The SMILES string of the molecule is Cc1cc(CS(=O)(=O)N2CCCC(C)C2C(=O)O)on1. The van der Waals surface area contributed by atoms with Gasteiger partial charge in [-0.3, -0.25) is 4.79 Å². The first-order valence-electron chi connectivity index (χ1n) is 6.46. The van der Waals surface area contributed by atoms with Crippen LogP contribution in [0.2, 0.25) is 0 Å². The van der Waals surface area contributed by atoms with Crippen molar-refractivity contribution in [3.8, 4) is 0 Å². The minimum Gasteiger partial charge on any atom is -0.480 e. The standard InChI is InChI=1S/C12H18N2O5S/c1-8-4-3-5-14(11(8)12(15)16)20(17,18)7-10-6-9(2)13-19-10/h6,8,11H,3-5,7H2,1-2H3,(H,15,16). The average Bonchev–Trinajstić information content (AvgIpc) is 2.73. The van der Waals surface area contributed by atoms with Crippen LogP contribution in [0, 0.1) is 12.8 Å². The maximum Gasteiger partial charge on any atom is 0.322 e. The van der Waals surface area contributed by atoms with Crippen molar-refractivity contribution < 1.29 is 22.8 Å². The van der Waals surface area contributed by atoms with Gasteiger partial charge in [0.25, 0.3) is 0 Å². The normalized spacial score (nSPS) is 24.7. The molecule has 0 aromatic carbocycles. The van der Waals surface area contributed by atoms with Crippen molar-refractivity contribution in [3.05, 3.63) is 17.5 Å². The number of rotatable bonds is 4. The first-order chi connectivity index (χ1) is 9.31. The topological polar surface area (TPSA) is 101 Å². The van der Waals surface area contributed by atoms with E-state index in [0.717, 1.165) is 4.31 Å². The van der Waals surface area contributed by atoms with Crippen LogP contribution in [-0.4, -0.2) is 41.5 Å². The van der Waals surface area contributed by atoms with Crippen LogP contribution >= 0.6 is 0 Å². The number of nitrogens with zero attached hydrogens (tertiary/aromatic N) is 2. The van der Waals surface area contributed by atoms with Crippen molar-refractivity contribution in [1.29, 1.82) is 0 Å². The Morgan fingerprint density at radius 3 is 2.85 bits per heavy atom. The highest BCUT2D eigenvalue weighted by atomic mass is 32.2. The van der Waals surface area contributed by atoms with Gasteiger partial charge in [0.15, 0.2) is 5.76 Å². The Labute approximate surface area is 117 Å². The minimum atomic E-state index is -3.73. The van der Waals surface area contributed by atoms with Crippen LogP contribution in [0.15, 0.2) is 10.6 Å². The molecule has 2 heterocycles. The first kappa shape index (κ1) is 15.0. The molecule has 1 aromatic rings. The number of hydrogen-bond acceptors (Lipinski definition) is 5. The van der Waals surface area contributed by atoms with Crippen molar-refractivity contribution in [2.45, 2.75) is 38.5 Å². The maximum absolute atomic E-state index is 12.4. The predicted octanol–water partition coefficient (Wildman–Crippen LogP) is 0.998. The van der Waals surface area contributed by atoms with Gasteiger partial charge in [0, 0.05) is 12.6 Å². The second kappa shape index (κ2) is 5.53. The van der Waals surface area contributed by atoms with Crippen molar-refractivity contribution in [1.82, 2.24) is 9.46 Å². The smallest absolute Gasteiger partial charge is 0.322 e. The number of carboxylic acids is 1. The highest BCUT2D eigenvalue weighted by molar-refractivity contribution is 7.88. The maximum atomic E-state index is 12.4. The molecular formula is C12H18N2O5S. The number of aromatic nitrogens is 1. The van der Waals surface area contributed by atoms with Gasteiger partial charge in [-0.1, -0.05) is 12.1 Å². The largest absolute Gasteiger partial charge is 0.480 e. The molecule has 112 valence electrons. The zero-order chi connectivity index (χ0) is 14.9. The molecule has 20 heavy (non-hydrogen) atoms. The Hall–Kier alpha value is -1.41. The second-order valence-electron chi connectivity index (χ2n) is 5.20. The number of piperidine rings is 1. The Balaban J connectivity index is 2.24. The fourth-order valence-corrected chi connectivity index (χ4v) is 4.29. The number of hydrogen-bond donors (Lipinski definition) is 1. The molecular weight excluding hydrogens is 284 g/mol.